The molecule has 0 saturated heterocycles. The van der Waals surface area contributed by atoms with Crippen molar-refractivity contribution < 1.29 is 19.1 Å². The third-order valence-corrected chi connectivity index (χ3v) is 0.781. The molecule has 0 saturated carbocycles. The minimum Gasteiger partial charge on any atom is -0.450 e. The van der Waals surface area contributed by atoms with Gasteiger partial charge in [-0.1, -0.05) is 10.2 Å². The summed E-state index contributed by atoms with van der Waals surface area (Å²) in [5, 5.41) is 5.89. The van der Waals surface area contributed by atoms with Crippen LogP contribution in [0.15, 0.2) is 10.2 Å². The second kappa shape index (κ2) is 4.54. The minimum absolute atomic E-state index is 0.647. The predicted octanol–water partition coefficient (Wildman–Crippen LogP) is 2.14. The van der Waals surface area contributed by atoms with Gasteiger partial charge in [0, 0.05) is 0 Å². The number of ether oxygens (including phenoxy) is 2. The summed E-state index contributed by atoms with van der Waals surface area (Å²) >= 11 is 0. The van der Waals surface area contributed by atoms with Gasteiger partial charge in [0.1, 0.15) is 5.60 Å². The number of carbonyl (C=O) groups excluding carboxylic acids is 2. The molecule has 0 aliphatic rings. The fourth-order valence-electron chi connectivity index (χ4n) is 0.405. The maximum Gasteiger partial charge on any atom is 0.453 e. The Hall–Kier alpha value is -1.46. The van der Waals surface area contributed by atoms with Gasteiger partial charge >= 0.3 is 12.2 Å². The first kappa shape index (κ1) is 11.5. The molecule has 0 unspecified atom stereocenters. The molecule has 13 heavy (non-hydrogen) atoms. The zero-order valence-corrected chi connectivity index (χ0v) is 8.03. The molecule has 2 amide bonds. The third-order valence-electron chi connectivity index (χ3n) is 0.781. The van der Waals surface area contributed by atoms with E-state index in [-0.39, 0.29) is 0 Å². The number of rotatable bonds is 0. The van der Waals surface area contributed by atoms with Crippen LogP contribution in [0.25, 0.3) is 0 Å². The molecule has 74 valence electrons. The monoisotopic (exact) mass is 188 g/mol. The molecular formula is C7H12N2O4. The van der Waals surface area contributed by atoms with Gasteiger partial charge in [0.25, 0.3) is 0 Å². The van der Waals surface area contributed by atoms with Gasteiger partial charge in [0.15, 0.2) is 0 Å². The van der Waals surface area contributed by atoms with Gasteiger partial charge < -0.3 is 9.47 Å². The van der Waals surface area contributed by atoms with Crippen molar-refractivity contribution in [3.05, 3.63) is 0 Å². The second-order valence-corrected chi connectivity index (χ2v) is 3.15. The summed E-state index contributed by atoms with van der Waals surface area (Å²) in [6, 6.07) is 0. The highest BCUT2D eigenvalue weighted by Crippen LogP contribution is 2.07. The van der Waals surface area contributed by atoms with E-state index in [2.05, 4.69) is 15.0 Å². The van der Waals surface area contributed by atoms with E-state index in [1.54, 1.807) is 20.8 Å². The van der Waals surface area contributed by atoms with Crippen molar-refractivity contribution in [2.24, 2.45) is 10.2 Å². The van der Waals surface area contributed by atoms with Crippen LogP contribution in [-0.4, -0.2) is 24.9 Å². The van der Waals surface area contributed by atoms with Crippen LogP contribution in [-0.2, 0) is 9.47 Å². The predicted molar refractivity (Wildman–Crippen MR) is 43.5 cm³/mol. The normalized spacial score (nSPS) is 11.4. The van der Waals surface area contributed by atoms with Gasteiger partial charge in [-0.05, 0) is 20.8 Å². The van der Waals surface area contributed by atoms with Gasteiger partial charge in [0.05, 0.1) is 7.11 Å². The Morgan fingerprint density at radius 1 is 1.08 bits per heavy atom. The highest BCUT2D eigenvalue weighted by molar-refractivity contribution is 5.73. The molecule has 6 nitrogen and oxygen atoms in total. The van der Waals surface area contributed by atoms with Crippen LogP contribution >= 0.6 is 0 Å². The highest BCUT2D eigenvalue weighted by atomic mass is 16.6. The summed E-state index contributed by atoms with van der Waals surface area (Å²) in [6.07, 6.45) is -1.86. The van der Waals surface area contributed by atoms with E-state index < -0.39 is 17.8 Å². The molecule has 0 aromatic rings. The van der Waals surface area contributed by atoms with Crippen molar-refractivity contribution in [1.29, 1.82) is 0 Å². The van der Waals surface area contributed by atoms with Crippen molar-refractivity contribution in [1.82, 2.24) is 0 Å². The topological polar surface area (TPSA) is 77.3 Å². The first-order valence-electron chi connectivity index (χ1n) is 3.58. The van der Waals surface area contributed by atoms with Crippen LogP contribution in [0.2, 0.25) is 0 Å². The summed E-state index contributed by atoms with van der Waals surface area (Å²) in [5.74, 6) is 0. The SMILES string of the molecule is COC(=O)N=NC(=O)OC(C)(C)C. The second-order valence-electron chi connectivity index (χ2n) is 3.15. The molecule has 0 radical (unpaired) electrons. The van der Waals surface area contributed by atoms with Gasteiger partial charge in [-0.3, -0.25) is 0 Å². The van der Waals surface area contributed by atoms with Gasteiger partial charge in [0.2, 0.25) is 0 Å². The fourth-order valence-corrected chi connectivity index (χ4v) is 0.405. The number of azo groups is 1. The number of amides is 2. The fraction of sp³-hybridized carbons (Fsp3) is 0.714. The Morgan fingerprint density at radius 2 is 1.54 bits per heavy atom. The smallest absolute Gasteiger partial charge is 0.450 e. The molecular weight excluding hydrogens is 176 g/mol. The van der Waals surface area contributed by atoms with Crippen molar-refractivity contribution >= 4 is 12.2 Å². The van der Waals surface area contributed by atoms with Gasteiger partial charge in [-0.15, -0.1) is 0 Å². The van der Waals surface area contributed by atoms with E-state index in [0.29, 0.717) is 0 Å². The van der Waals surface area contributed by atoms with Crippen LogP contribution < -0.4 is 0 Å². The zero-order chi connectivity index (χ0) is 10.5. The summed E-state index contributed by atoms with van der Waals surface area (Å²) < 4.78 is 8.85. The Kier molecular flexibility index (Phi) is 4.03. The third kappa shape index (κ3) is 6.92. The Bertz CT molecular complexity index is 229. The molecule has 0 rings (SSSR count). The number of nitrogens with zero attached hydrogens (tertiary/aromatic N) is 2. The van der Waals surface area contributed by atoms with Gasteiger partial charge in [-0.2, -0.15) is 0 Å². The molecule has 0 aromatic heterocycles. The molecule has 0 heterocycles. The van der Waals surface area contributed by atoms with Crippen LogP contribution in [0, 0.1) is 0 Å². The molecule has 6 heteroatoms. The summed E-state index contributed by atoms with van der Waals surface area (Å²) in [5.41, 5.74) is -0.647. The quantitative estimate of drug-likeness (QED) is 0.545. The van der Waals surface area contributed by atoms with Crippen molar-refractivity contribution in [3.63, 3.8) is 0 Å². The van der Waals surface area contributed by atoms with Crippen LogP contribution in [0.3, 0.4) is 0 Å². The molecule has 0 spiro atoms. The lowest BCUT2D eigenvalue weighted by atomic mass is 10.2. The van der Waals surface area contributed by atoms with Crippen LogP contribution in [0.5, 0.6) is 0 Å². The lowest BCUT2D eigenvalue weighted by Gasteiger charge is -2.16. The number of hydrogen-bond donors (Lipinski definition) is 0. The van der Waals surface area contributed by atoms with Crippen LogP contribution in [0.4, 0.5) is 9.59 Å². The molecule has 0 fully saturated rings. The van der Waals surface area contributed by atoms with Crippen molar-refractivity contribution in [2.45, 2.75) is 26.4 Å². The lowest BCUT2D eigenvalue weighted by molar-refractivity contribution is 0.0587. The maximum absolute atomic E-state index is 10.8. The largest absolute Gasteiger partial charge is 0.453 e. The summed E-state index contributed by atoms with van der Waals surface area (Å²) in [6.45, 7) is 5.04. The van der Waals surface area contributed by atoms with Crippen molar-refractivity contribution in [2.75, 3.05) is 7.11 Å². The zero-order valence-electron chi connectivity index (χ0n) is 8.03. The Labute approximate surface area is 75.9 Å². The highest BCUT2D eigenvalue weighted by Gasteiger charge is 2.15. The average Bonchev–Trinajstić information content (AvgIpc) is 1.97. The number of carbonyl (C=O) groups is 2. The average molecular weight is 188 g/mol. The Balaban J connectivity index is 4.02. The van der Waals surface area contributed by atoms with Crippen molar-refractivity contribution in [3.8, 4) is 0 Å². The van der Waals surface area contributed by atoms with Gasteiger partial charge in [-0.25, -0.2) is 9.59 Å². The summed E-state index contributed by atoms with van der Waals surface area (Å²) in [4.78, 5) is 21.2. The molecule has 0 atom stereocenters. The minimum atomic E-state index is -0.939. The van der Waals surface area contributed by atoms with E-state index >= 15 is 0 Å². The summed E-state index contributed by atoms with van der Waals surface area (Å²) in [7, 11) is 1.14. The van der Waals surface area contributed by atoms with E-state index in [0.717, 1.165) is 7.11 Å². The molecule has 0 aromatic carbocycles. The number of hydrogen-bond acceptors (Lipinski definition) is 4. The number of methoxy groups -OCH3 is 1. The van der Waals surface area contributed by atoms with E-state index in [1.807, 2.05) is 0 Å². The molecule has 0 aliphatic carbocycles. The standard InChI is InChI=1S/C7H12N2O4/c1-7(2,3)13-6(11)9-8-5(10)12-4/h1-4H3. The lowest BCUT2D eigenvalue weighted by Crippen LogP contribution is -2.21. The molecule has 0 N–H and O–H groups in total. The Morgan fingerprint density at radius 3 is 1.92 bits per heavy atom. The van der Waals surface area contributed by atoms with E-state index in [4.69, 9.17) is 4.74 Å². The van der Waals surface area contributed by atoms with E-state index in [9.17, 15) is 9.59 Å². The first-order valence-corrected chi connectivity index (χ1v) is 3.58. The first-order chi connectivity index (χ1) is 5.85. The van der Waals surface area contributed by atoms with E-state index in [1.165, 1.54) is 0 Å². The molecule has 0 bridgehead atoms. The maximum atomic E-state index is 10.8. The van der Waals surface area contributed by atoms with Crippen LogP contribution in [0.1, 0.15) is 20.8 Å². The molecule has 0 aliphatic heterocycles.